The van der Waals surface area contributed by atoms with Gasteiger partial charge in [0.2, 0.25) is 0 Å². The summed E-state index contributed by atoms with van der Waals surface area (Å²) in [5, 5.41) is 9.29. The molecule has 0 unspecified atom stereocenters. The molecular formula is C8H17NO. The monoisotopic (exact) mass is 143 g/mol. The second-order valence-electron chi connectivity index (χ2n) is 3.04. The fourth-order valence-corrected chi connectivity index (χ4v) is 1.77. The van der Waals surface area contributed by atoms with Crippen molar-refractivity contribution in [2.75, 3.05) is 13.1 Å². The smallest absolute Gasteiger partial charge is 0.0682 e. The summed E-state index contributed by atoms with van der Waals surface area (Å²) in [7, 11) is 0. The van der Waals surface area contributed by atoms with Crippen molar-refractivity contribution in [3.63, 3.8) is 0 Å². The first-order valence-corrected chi connectivity index (χ1v) is 4.20. The normalized spacial score (nSPS) is 35.1. The van der Waals surface area contributed by atoms with E-state index >= 15 is 0 Å². The average molecular weight is 143 g/mol. The second kappa shape index (κ2) is 3.35. The highest BCUT2D eigenvalue weighted by molar-refractivity contribution is 4.82. The molecule has 0 aliphatic carbocycles. The summed E-state index contributed by atoms with van der Waals surface area (Å²) in [6.45, 7) is 6.30. The van der Waals surface area contributed by atoms with Crippen LogP contribution in [0.5, 0.6) is 0 Å². The van der Waals surface area contributed by atoms with Gasteiger partial charge in [-0.05, 0) is 19.4 Å². The van der Waals surface area contributed by atoms with E-state index in [2.05, 4.69) is 18.7 Å². The van der Waals surface area contributed by atoms with Crippen LogP contribution in [0.25, 0.3) is 0 Å². The summed E-state index contributed by atoms with van der Waals surface area (Å²) in [4.78, 5) is 2.35. The number of aliphatic hydroxyl groups is 1. The van der Waals surface area contributed by atoms with Crippen LogP contribution in [0.1, 0.15) is 26.7 Å². The molecular weight excluding hydrogens is 126 g/mol. The van der Waals surface area contributed by atoms with Gasteiger partial charge in [-0.1, -0.05) is 13.8 Å². The standard InChI is InChI=1S/C8H17NO/c1-3-7-5-8(10)6-9(7)4-2/h7-8,10H,3-6H2,1-2H3/t7-,8+/m0/s1. The van der Waals surface area contributed by atoms with E-state index in [1.165, 1.54) is 6.42 Å². The van der Waals surface area contributed by atoms with E-state index in [9.17, 15) is 5.11 Å². The molecule has 10 heavy (non-hydrogen) atoms. The van der Waals surface area contributed by atoms with Gasteiger partial charge in [0.15, 0.2) is 0 Å². The lowest BCUT2D eigenvalue weighted by molar-refractivity contribution is 0.177. The first-order chi connectivity index (χ1) is 4.77. The highest BCUT2D eigenvalue weighted by Crippen LogP contribution is 2.19. The van der Waals surface area contributed by atoms with Gasteiger partial charge < -0.3 is 5.11 Å². The molecule has 1 aliphatic rings. The third-order valence-electron chi connectivity index (χ3n) is 2.38. The molecule has 1 heterocycles. The maximum absolute atomic E-state index is 9.29. The van der Waals surface area contributed by atoms with Crippen LogP contribution in [0.15, 0.2) is 0 Å². The molecule has 0 saturated carbocycles. The summed E-state index contributed by atoms with van der Waals surface area (Å²) in [6.07, 6.45) is 2.08. The zero-order valence-electron chi connectivity index (χ0n) is 6.88. The largest absolute Gasteiger partial charge is 0.392 e. The van der Waals surface area contributed by atoms with Gasteiger partial charge in [-0.3, -0.25) is 4.90 Å². The molecule has 0 aromatic heterocycles. The Hall–Kier alpha value is -0.0800. The van der Waals surface area contributed by atoms with E-state index in [4.69, 9.17) is 0 Å². The highest BCUT2D eigenvalue weighted by atomic mass is 16.3. The minimum atomic E-state index is -0.0649. The molecule has 1 fully saturated rings. The molecule has 2 heteroatoms. The first-order valence-electron chi connectivity index (χ1n) is 4.20. The molecule has 0 radical (unpaired) electrons. The molecule has 2 atom stereocenters. The van der Waals surface area contributed by atoms with Gasteiger partial charge in [0, 0.05) is 12.6 Å². The van der Waals surface area contributed by atoms with Crippen LogP contribution in [-0.2, 0) is 0 Å². The minimum Gasteiger partial charge on any atom is -0.392 e. The molecule has 1 aliphatic heterocycles. The number of likely N-dealkylation sites (tertiary alicyclic amines) is 1. The van der Waals surface area contributed by atoms with Crippen molar-refractivity contribution in [2.24, 2.45) is 0 Å². The zero-order chi connectivity index (χ0) is 7.56. The Morgan fingerprint density at radius 3 is 2.60 bits per heavy atom. The second-order valence-corrected chi connectivity index (χ2v) is 3.04. The summed E-state index contributed by atoms with van der Waals surface area (Å²) in [5.41, 5.74) is 0. The summed E-state index contributed by atoms with van der Waals surface area (Å²) >= 11 is 0. The average Bonchev–Trinajstić information content (AvgIpc) is 2.30. The maximum atomic E-state index is 9.29. The molecule has 0 aromatic carbocycles. The Morgan fingerprint density at radius 2 is 2.20 bits per heavy atom. The summed E-state index contributed by atoms with van der Waals surface area (Å²) in [6, 6.07) is 0.639. The fourth-order valence-electron chi connectivity index (χ4n) is 1.77. The van der Waals surface area contributed by atoms with Crippen LogP contribution in [0.3, 0.4) is 0 Å². The molecule has 60 valence electrons. The maximum Gasteiger partial charge on any atom is 0.0682 e. The van der Waals surface area contributed by atoms with E-state index in [1.54, 1.807) is 0 Å². The molecule has 0 spiro atoms. The van der Waals surface area contributed by atoms with E-state index in [0.717, 1.165) is 19.5 Å². The molecule has 0 aromatic rings. The van der Waals surface area contributed by atoms with Gasteiger partial charge in [-0.25, -0.2) is 0 Å². The van der Waals surface area contributed by atoms with Crippen LogP contribution in [0.4, 0.5) is 0 Å². The Morgan fingerprint density at radius 1 is 1.50 bits per heavy atom. The Balaban J connectivity index is 2.41. The molecule has 1 N–H and O–H groups in total. The number of rotatable bonds is 2. The van der Waals surface area contributed by atoms with Crippen molar-refractivity contribution in [1.82, 2.24) is 4.90 Å². The van der Waals surface area contributed by atoms with Crippen molar-refractivity contribution in [3.05, 3.63) is 0 Å². The first kappa shape index (κ1) is 8.02. The van der Waals surface area contributed by atoms with Gasteiger partial charge in [0.1, 0.15) is 0 Å². The van der Waals surface area contributed by atoms with Crippen molar-refractivity contribution in [3.8, 4) is 0 Å². The van der Waals surface area contributed by atoms with Gasteiger partial charge in [-0.2, -0.15) is 0 Å². The lowest BCUT2D eigenvalue weighted by Crippen LogP contribution is -2.28. The number of hydrogen-bond donors (Lipinski definition) is 1. The SMILES string of the molecule is CC[C@H]1C[C@@H](O)CN1CC. The molecule has 0 amide bonds. The van der Waals surface area contributed by atoms with Crippen LogP contribution < -0.4 is 0 Å². The van der Waals surface area contributed by atoms with E-state index < -0.39 is 0 Å². The third-order valence-corrected chi connectivity index (χ3v) is 2.38. The van der Waals surface area contributed by atoms with Crippen LogP contribution in [0, 0.1) is 0 Å². The molecule has 1 rings (SSSR count). The topological polar surface area (TPSA) is 23.5 Å². The number of β-amino-alcohol motifs (C(OH)–C–C–N with tert-alkyl or cyclic N) is 1. The van der Waals surface area contributed by atoms with Crippen LogP contribution in [0.2, 0.25) is 0 Å². The minimum absolute atomic E-state index is 0.0649. The number of aliphatic hydroxyl groups excluding tert-OH is 1. The van der Waals surface area contributed by atoms with Crippen LogP contribution >= 0.6 is 0 Å². The van der Waals surface area contributed by atoms with Gasteiger partial charge >= 0.3 is 0 Å². The van der Waals surface area contributed by atoms with E-state index in [-0.39, 0.29) is 6.10 Å². The summed E-state index contributed by atoms with van der Waals surface area (Å²) < 4.78 is 0. The zero-order valence-corrected chi connectivity index (χ0v) is 6.88. The molecule has 2 nitrogen and oxygen atoms in total. The van der Waals surface area contributed by atoms with E-state index in [0.29, 0.717) is 6.04 Å². The van der Waals surface area contributed by atoms with Gasteiger partial charge in [0.05, 0.1) is 6.10 Å². The van der Waals surface area contributed by atoms with Gasteiger partial charge in [-0.15, -0.1) is 0 Å². The third kappa shape index (κ3) is 1.50. The molecule has 0 bridgehead atoms. The Bertz CT molecular complexity index is 93.4. The summed E-state index contributed by atoms with van der Waals surface area (Å²) in [5.74, 6) is 0. The lowest BCUT2D eigenvalue weighted by atomic mass is 10.1. The predicted octanol–water partition coefficient (Wildman–Crippen LogP) is 0.851. The van der Waals surface area contributed by atoms with Crippen molar-refractivity contribution in [2.45, 2.75) is 38.8 Å². The fraction of sp³-hybridized carbons (Fsp3) is 1.00. The number of hydrogen-bond acceptors (Lipinski definition) is 2. The van der Waals surface area contributed by atoms with Crippen LogP contribution in [-0.4, -0.2) is 35.2 Å². The molecule has 1 saturated heterocycles. The van der Waals surface area contributed by atoms with Gasteiger partial charge in [0.25, 0.3) is 0 Å². The lowest BCUT2D eigenvalue weighted by Gasteiger charge is -2.20. The number of likely N-dealkylation sites (N-methyl/N-ethyl adjacent to an activating group) is 1. The predicted molar refractivity (Wildman–Crippen MR) is 41.9 cm³/mol. The van der Waals surface area contributed by atoms with Crippen molar-refractivity contribution >= 4 is 0 Å². The highest BCUT2D eigenvalue weighted by Gasteiger charge is 2.27. The van der Waals surface area contributed by atoms with Crippen molar-refractivity contribution in [1.29, 1.82) is 0 Å². The number of nitrogens with zero attached hydrogens (tertiary/aromatic N) is 1. The Kier molecular flexibility index (Phi) is 2.69. The quantitative estimate of drug-likeness (QED) is 0.619. The van der Waals surface area contributed by atoms with E-state index in [1.807, 2.05) is 0 Å². The Labute approximate surface area is 62.8 Å². The van der Waals surface area contributed by atoms with Crippen molar-refractivity contribution < 1.29 is 5.11 Å².